The quantitative estimate of drug-likeness (QED) is 0.834. The van der Waals surface area contributed by atoms with E-state index in [4.69, 9.17) is 4.74 Å². The number of rotatable bonds is 4. The summed E-state index contributed by atoms with van der Waals surface area (Å²) >= 11 is 2.25. The van der Waals surface area contributed by atoms with Gasteiger partial charge in [-0.3, -0.25) is 0 Å². The molecule has 0 fully saturated rings. The molecule has 0 saturated heterocycles. The lowest BCUT2D eigenvalue weighted by Crippen LogP contribution is -2.01. The van der Waals surface area contributed by atoms with Gasteiger partial charge in [-0.25, -0.2) is 4.39 Å². The molecule has 0 aliphatic carbocycles. The zero-order valence-electron chi connectivity index (χ0n) is 9.91. The van der Waals surface area contributed by atoms with Crippen LogP contribution in [0.4, 0.5) is 10.1 Å². The Bertz CT molecular complexity index is 528. The molecule has 0 radical (unpaired) electrons. The van der Waals surface area contributed by atoms with Gasteiger partial charge in [-0.15, -0.1) is 0 Å². The molecule has 0 amide bonds. The number of benzene rings is 2. The molecule has 0 unspecified atom stereocenters. The third-order valence-electron chi connectivity index (χ3n) is 2.57. The van der Waals surface area contributed by atoms with Crippen molar-refractivity contribution in [2.24, 2.45) is 0 Å². The van der Waals surface area contributed by atoms with Gasteiger partial charge in [0.15, 0.2) is 0 Å². The Hall–Kier alpha value is -1.30. The molecule has 0 bridgehead atoms. The smallest absolute Gasteiger partial charge is 0.146 e. The second-order valence-corrected chi connectivity index (χ2v) is 5.07. The number of anilines is 1. The van der Waals surface area contributed by atoms with Crippen LogP contribution in [0.2, 0.25) is 0 Å². The van der Waals surface area contributed by atoms with Gasteiger partial charge in [0.05, 0.1) is 12.8 Å². The Kier molecular flexibility index (Phi) is 4.41. The molecular weight excluding hydrogens is 344 g/mol. The monoisotopic (exact) mass is 357 g/mol. The molecule has 0 saturated carbocycles. The van der Waals surface area contributed by atoms with Gasteiger partial charge in [-0.2, -0.15) is 0 Å². The van der Waals surface area contributed by atoms with E-state index in [0.29, 0.717) is 18.0 Å². The molecule has 2 aromatic carbocycles. The molecule has 2 aromatic rings. The molecule has 2 rings (SSSR count). The van der Waals surface area contributed by atoms with Crippen molar-refractivity contribution in [1.29, 1.82) is 0 Å². The standard InChI is InChI=1S/C14H13FINO/c1-18-12-6-7-13(15)14(8-12)17-9-10-2-4-11(16)5-3-10/h2-8,17H,9H2,1H3. The lowest BCUT2D eigenvalue weighted by molar-refractivity contribution is 0.414. The third-order valence-corrected chi connectivity index (χ3v) is 3.29. The number of nitrogens with one attached hydrogen (secondary N) is 1. The highest BCUT2D eigenvalue weighted by Crippen LogP contribution is 2.21. The van der Waals surface area contributed by atoms with Crippen molar-refractivity contribution in [3.63, 3.8) is 0 Å². The summed E-state index contributed by atoms with van der Waals surface area (Å²) in [5.74, 6) is 0.364. The fourth-order valence-electron chi connectivity index (χ4n) is 1.57. The normalized spacial score (nSPS) is 10.2. The van der Waals surface area contributed by atoms with Crippen molar-refractivity contribution in [3.8, 4) is 5.75 Å². The van der Waals surface area contributed by atoms with Crippen LogP contribution in [-0.2, 0) is 6.54 Å². The van der Waals surface area contributed by atoms with E-state index in [2.05, 4.69) is 27.9 Å². The van der Waals surface area contributed by atoms with Crippen molar-refractivity contribution in [2.75, 3.05) is 12.4 Å². The molecule has 0 spiro atoms. The Balaban J connectivity index is 2.07. The molecule has 0 aliphatic rings. The predicted molar refractivity (Wildman–Crippen MR) is 79.4 cm³/mol. The number of ether oxygens (including phenoxy) is 1. The van der Waals surface area contributed by atoms with Crippen LogP contribution >= 0.6 is 22.6 Å². The Labute approximate surface area is 119 Å². The van der Waals surface area contributed by atoms with Crippen LogP contribution in [0.3, 0.4) is 0 Å². The number of methoxy groups -OCH3 is 1. The molecule has 2 nitrogen and oxygen atoms in total. The Morgan fingerprint density at radius 3 is 2.56 bits per heavy atom. The van der Waals surface area contributed by atoms with Gasteiger partial charge in [0.1, 0.15) is 11.6 Å². The first kappa shape index (κ1) is 13.1. The minimum atomic E-state index is -0.277. The summed E-state index contributed by atoms with van der Waals surface area (Å²) in [6, 6.07) is 12.8. The minimum absolute atomic E-state index is 0.277. The maximum Gasteiger partial charge on any atom is 0.146 e. The van der Waals surface area contributed by atoms with Crippen LogP contribution in [0.5, 0.6) is 5.75 Å². The lowest BCUT2D eigenvalue weighted by atomic mass is 10.2. The first-order valence-electron chi connectivity index (χ1n) is 5.51. The molecule has 0 heterocycles. The number of halogens is 2. The second kappa shape index (κ2) is 6.04. The van der Waals surface area contributed by atoms with Crippen molar-refractivity contribution in [3.05, 3.63) is 57.4 Å². The van der Waals surface area contributed by atoms with E-state index in [1.165, 1.54) is 9.64 Å². The zero-order chi connectivity index (χ0) is 13.0. The van der Waals surface area contributed by atoms with Crippen molar-refractivity contribution in [1.82, 2.24) is 0 Å². The van der Waals surface area contributed by atoms with E-state index in [0.717, 1.165) is 5.56 Å². The molecule has 1 N–H and O–H groups in total. The van der Waals surface area contributed by atoms with Crippen LogP contribution in [-0.4, -0.2) is 7.11 Å². The molecule has 0 aromatic heterocycles. The second-order valence-electron chi connectivity index (χ2n) is 3.83. The van der Waals surface area contributed by atoms with Crippen LogP contribution in [0.1, 0.15) is 5.56 Å². The third kappa shape index (κ3) is 3.35. The largest absolute Gasteiger partial charge is 0.497 e. The summed E-state index contributed by atoms with van der Waals surface area (Å²) in [6.45, 7) is 0.584. The predicted octanol–water partition coefficient (Wildman–Crippen LogP) is 4.05. The molecular formula is C14H13FINO. The Morgan fingerprint density at radius 1 is 1.17 bits per heavy atom. The zero-order valence-corrected chi connectivity index (χ0v) is 12.1. The van der Waals surface area contributed by atoms with E-state index < -0.39 is 0 Å². The van der Waals surface area contributed by atoms with Gasteiger partial charge in [-0.1, -0.05) is 12.1 Å². The maximum atomic E-state index is 13.6. The SMILES string of the molecule is COc1ccc(F)c(NCc2ccc(I)cc2)c1. The van der Waals surface area contributed by atoms with Crippen LogP contribution in [0.15, 0.2) is 42.5 Å². The summed E-state index contributed by atoms with van der Waals surface area (Å²) in [5.41, 5.74) is 1.56. The fourth-order valence-corrected chi connectivity index (χ4v) is 1.93. The van der Waals surface area contributed by atoms with Crippen molar-refractivity contribution >= 4 is 28.3 Å². The van der Waals surface area contributed by atoms with E-state index in [1.54, 1.807) is 19.2 Å². The molecule has 18 heavy (non-hydrogen) atoms. The minimum Gasteiger partial charge on any atom is -0.497 e. The summed E-state index contributed by atoms with van der Waals surface area (Å²) in [5, 5.41) is 3.07. The summed E-state index contributed by atoms with van der Waals surface area (Å²) in [4.78, 5) is 0. The molecule has 0 atom stereocenters. The lowest BCUT2D eigenvalue weighted by Gasteiger charge is -2.09. The average Bonchev–Trinajstić information content (AvgIpc) is 2.40. The van der Waals surface area contributed by atoms with E-state index in [9.17, 15) is 4.39 Å². The van der Waals surface area contributed by atoms with Gasteiger partial charge < -0.3 is 10.1 Å². The maximum absolute atomic E-state index is 13.6. The van der Waals surface area contributed by atoms with E-state index in [-0.39, 0.29) is 5.82 Å². The molecule has 94 valence electrons. The van der Waals surface area contributed by atoms with E-state index >= 15 is 0 Å². The van der Waals surface area contributed by atoms with Gasteiger partial charge in [0.2, 0.25) is 0 Å². The summed E-state index contributed by atoms with van der Waals surface area (Å²) in [6.07, 6.45) is 0. The van der Waals surface area contributed by atoms with E-state index in [1.807, 2.05) is 24.3 Å². The first-order valence-corrected chi connectivity index (χ1v) is 6.59. The van der Waals surface area contributed by atoms with Crippen molar-refractivity contribution in [2.45, 2.75) is 6.54 Å². The van der Waals surface area contributed by atoms with Crippen LogP contribution in [0, 0.1) is 9.39 Å². The van der Waals surface area contributed by atoms with Crippen LogP contribution < -0.4 is 10.1 Å². The summed E-state index contributed by atoms with van der Waals surface area (Å²) < 4.78 is 19.8. The molecule has 4 heteroatoms. The van der Waals surface area contributed by atoms with Gasteiger partial charge in [0.25, 0.3) is 0 Å². The highest BCUT2D eigenvalue weighted by molar-refractivity contribution is 14.1. The van der Waals surface area contributed by atoms with Gasteiger partial charge in [-0.05, 0) is 52.4 Å². The number of hydrogen-bond acceptors (Lipinski definition) is 2. The topological polar surface area (TPSA) is 21.3 Å². The summed E-state index contributed by atoms with van der Waals surface area (Å²) in [7, 11) is 1.57. The van der Waals surface area contributed by atoms with Gasteiger partial charge in [0, 0.05) is 16.2 Å². The Morgan fingerprint density at radius 2 is 1.89 bits per heavy atom. The average molecular weight is 357 g/mol. The number of hydrogen-bond donors (Lipinski definition) is 1. The fraction of sp³-hybridized carbons (Fsp3) is 0.143. The van der Waals surface area contributed by atoms with Gasteiger partial charge >= 0.3 is 0 Å². The van der Waals surface area contributed by atoms with Crippen molar-refractivity contribution < 1.29 is 9.13 Å². The first-order chi connectivity index (χ1) is 8.69. The molecule has 0 aliphatic heterocycles. The highest BCUT2D eigenvalue weighted by Gasteiger charge is 2.03. The van der Waals surface area contributed by atoms with Crippen LogP contribution in [0.25, 0.3) is 0 Å². The highest BCUT2D eigenvalue weighted by atomic mass is 127.